The summed E-state index contributed by atoms with van der Waals surface area (Å²) in [5.74, 6) is -0.704. The van der Waals surface area contributed by atoms with E-state index in [0.29, 0.717) is 34.5 Å². The fraction of sp³-hybridized carbons (Fsp3) is 0.238. The molecule has 190 valence electrons. The minimum absolute atomic E-state index is 0. The smallest absolute Gasteiger partial charge is 0.744 e. The van der Waals surface area contributed by atoms with Crippen LogP contribution in [-0.2, 0) is 25.6 Å². The van der Waals surface area contributed by atoms with Gasteiger partial charge >= 0.3 is 51.4 Å². The SMILES string of the molecule is CC(C)(C)c1[nH]n2nc(-c3ccc(NS(C)(=O)=O)cc3)nc2c1N=Nc1ccc(S(=O)(=O)[O-])cc1F.[K+]. The van der Waals surface area contributed by atoms with Crippen LogP contribution in [0.1, 0.15) is 26.5 Å². The first kappa shape index (κ1) is 29.5. The van der Waals surface area contributed by atoms with Gasteiger partial charge in [-0.25, -0.2) is 26.2 Å². The van der Waals surface area contributed by atoms with Gasteiger partial charge in [0.15, 0.2) is 17.3 Å². The molecule has 0 saturated carbocycles. The summed E-state index contributed by atoms with van der Waals surface area (Å²) in [4.78, 5) is 3.81. The van der Waals surface area contributed by atoms with E-state index >= 15 is 0 Å². The summed E-state index contributed by atoms with van der Waals surface area (Å²) in [7, 11) is -8.23. The van der Waals surface area contributed by atoms with Crippen LogP contribution in [-0.4, -0.2) is 47.5 Å². The zero-order valence-corrected chi connectivity index (χ0v) is 25.3. The molecule has 0 saturated heterocycles. The Labute approximate surface area is 255 Å². The maximum atomic E-state index is 14.4. The predicted molar refractivity (Wildman–Crippen MR) is 128 cm³/mol. The Morgan fingerprint density at radius 1 is 1.05 bits per heavy atom. The molecule has 12 nitrogen and oxygen atoms in total. The molecule has 0 unspecified atom stereocenters. The van der Waals surface area contributed by atoms with Gasteiger partial charge in [-0.05, 0) is 42.5 Å². The van der Waals surface area contributed by atoms with Crippen molar-refractivity contribution in [3.8, 4) is 11.4 Å². The third kappa shape index (κ3) is 6.88. The first-order valence-electron chi connectivity index (χ1n) is 10.4. The second kappa shape index (κ2) is 10.6. The van der Waals surface area contributed by atoms with Gasteiger partial charge in [-0.2, -0.15) is 4.63 Å². The van der Waals surface area contributed by atoms with Gasteiger partial charge in [0.1, 0.15) is 15.8 Å². The normalized spacial score (nSPS) is 12.7. The number of halogens is 1. The van der Waals surface area contributed by atoms with E-state index in [2.05, 4.69) is 30.1 Å². The van der Waals surface area contributed by atoms with E-state index in [0.717, 1.165) is 18.4 Å². The molecule has 4 rings (SSSR count). The van der Waals surface area contributed by atoms with Gasteiger partial charge < -0.3 is 4.55 Å². The van der Waals surface area contributed by atoms with Crippen molar-refractivity contribution in [3.05, 3.63) is 54.0 Å². The number of azo groups is 1. The Hall–Kier alpha value is -2.05. The van der Waals surface area contributed by atoms with Crippen molar-refractivity contribution in [1.82, 2.24) is 19.8 Å². The molecule has 2 heterocycles. The summed E-state index contributed by atoms with van der Waals surface area (Å²) in [6.07, 6.45) is 1.05. The predicted octanol–water partition coefficient (Wildman–Crippen LogP) is 0.856. The molecule has 0 aliphatic rings. The van der Waals surface area contributed by atoms with E-state index in [4.69, 9.17) is 0 Å². The van der Waals surface area contributed by atoms with Crippen molar-refractivity contribution in [2.75, 3.05) is 11.0 Å². The molecule has 0 fully saturated rings. The van der Waals surface area contributed by atoms with Crippen molar-refractivity contribution in [3.63, 3.8) is 0 Å². The fourth-order valence-electron chi connectivity index (χ4n) is 3.28. The molecule has 0 aliphatic heterocycles. The maximum absolute atomic E-state index is 14.4. The Kier molecular flexibility index (Phi) is 8.46. The zero-order valence-electron chi connectivity index (χ0n) is 20.5. The van der Waals surface area contributed by atoms with Crippen molar-refractivity contribution in [1.29, 1.82) is 0 Å². The number of anilines is 1. The Morgan fingerprint density at radius 2 is 1.70 bits per heavy atom. The molecular weight excluding hydrogens is 553 g/mol. The van der Waals surface area contributed by atoms with Gasteiger partial charge in [-0.15, -0.1) is 15.3 Å². The quantitative estimate of drug-likeness (QED) is 0.195. The summed E-state index contributed by atoms with van der Waals surface area (Å²) in [6, 6.07) is 9.03. The van der Waals surface area contributed by atoms with E-state index in [1.807, 2.05) is 20.8 Å². The van der Waals surface area contributed by atoms with Crippen LogP contribution in [0, 0.1) is 5.82 Å². The fourth-order valence-corrected chi connectivity index (χ4v) is 4.33. The molecule has 0 atom stereocenters. The van der Waals surface area contributed by atoms with Gasteiger partial charge in [-0.1, -0.05) is 20.8 Å². The molecule has 0 radical (unpaired) electrons. The van der Waals surface area contributed by atoms with Gasteiger partial charge in [0.25, 0.3) is 0 Å². The molecule has 4 aromatic rings. The molecule has 37 heavy (non-hydrogen) atoms. The largest absolute Gasteiger partial charge is 1.00 e. The van der Waals surface area contributed by atoms with Crippen LogP contribution in [0.25, 0.3) is 17.0 Å². The van der Waals surface area contributed by atoms with Gasteiger partial charge in [-0.3, -0.25) is 9.82 Å². The Balaban J connectivity index is 0.00000380. The number of benzene rings is 2. The van der Waals surface area contributed by atoms with Crippen LogP contribution < -0.4 is 56.1 Å². The third-order valence-corrected chi connectivity index (χ3v) is 6.37. The molecule has 0 spiro atoms. The van der Waals surface area contributed by atoms with E-state index < -0.39 is 36.3 Å². The Morgan fingerprint density at radius 3 is 2.24 bits per heavy atom. The van der Waals surface area contributed by atoms with Crippen LogP contribution in [0.3, 0.4) is 0 Å². The summed E-state index contributed by atoms with van der Waals surface area (Å²) in [5, 5.41) is 15.6. The van der Waals surface area contributed by atoms with Gasteiger partial charge in [0, 0.05) is 16.7 Å². The van der Waals surface area contributed by atoms with Crippen molar-refractivity contribution in [2.45, 2.75) is 31.1 Å². The average Bonchev–Trinajstić information content (AvgIpc) is 3.30. The number of nitrogens with one attached hydrogen (secondary N) is 2. The van der Waals surface area contributed by atoms with Crippen LogP contribution >= 0.6 is 0 Å². The first-order chi connectivity index (χ1) is 16.6. The molecule has 0 aliphatic carbocycles. The number of rotatable bonds is 6. The summed E-state index contributed by atoms with van der Waals surface area (Å²) < 4.78 is 74.3. The maximum Gasteiger partial charge on any atom is 1.00 e. The van der Waals surface area contributed by atoms with E-state index in [1.54, 1.807) is 24.3 Å². The minimum Gasteiger partial charge on any atom is -0.744 e. The minimum atomic E-state index is -4.81. The number of hydrogen-bond acceptors (Lipinski definition) is 9. The van der Waals surface area contributed by atoms with E-state index in [1.165, 1.54) is 4.63 Å². The molecule has 2 N–H and O–H groups in total. The Bertz CT molecular complexity index is 1710. The van der Waals surface area contributed by atoms with Gasteiger partial charge in [0.05, 0.1) is 16.8 Å². The van der Waals surface area contributed by atoms with Gasteiger partial charge in [0.2, 0.25) is 15.7 Å². The second-order valence-corrected chi connectivity index (χ2v) is 12.1. The molecule has 0 bridgehead atoms. The number of fused-ring (bicyclic) bond motifs is 1. The van der Waals surface area contributed by atoms with Crippen LogP contribution in [0.5, 0.6) is 0 Å². The number of sulfonamides is 1. The molecule has 2 aromatic heterocycles. The zero-order chi connectivity index (χ0) is 26.5. The number of hydrogen-bond donors (Lipinski definition) is 2. The topological polar surface area (TPSA) is 174 Å². The molecule has 16 heteroatoms. The summed E-state index contributed by atoms with van der Waals surface area (Å²) in [5.41, 5.74) is 1.47. The molecule has 2 aromatic carbocycles. The average molecular weight is 574 g/mol. The number of nitrogens with zero attached hydrogens (tertiary/aromatic N) is 5. The standard InChI is InChI=1S/C21H22FN7O5S2.K/c1-21(2,3)18-17(25-24-16-10-9-14(11-15(16)22)36(32,33)34)20-23-19(27-29(20)26-18)12-5-7-13(8-6-12)28-35(4,30)31;/h5-11,26,28H,1-4H3,(H,32,33,34);/q;+1/p-1. The van der Waals surface area contributed by atoms with Crippen molar-refractivity contribution < 1.29 is 77.2 Å². The van der Waals surface area contributed by atoms with E-state index in [9.17, 15) is 25.8 Å². The summed E-state index contributed by atoms with van der Waals surface area (Å²) in [6.45, 7) is 5.75. The third-order valence-electron chi connectivity index (χ3n) is 4.94. The van der Waals surface area contributed by atoms with Crippen LogP contribution in [0.4, 0.5) is 21.5 Å². The van der Waals surface area contributed by atoms with Crippen LogP contribution in [0.15, 0.2) is 57.6 Å². The van der Waals surface area contributed by atoms with Crippen molar-refractivity contribution >= 4 is 42.9 Å². The van der Waals surface area contributed by atoms with E-state index in [-0.39, 0.29) is 62.8 Å². The van der Waals surface area contributed by atoms with Crippen LogP contribution in [0.2, 0.25) is 0 Å². The monoisotopic (exact) mass is 573 g/mol. The summed E-state index contributed by atoms with van der Waals surface area (Å²) >= 11 is 0. The number of aromatic nitrogens is 4. The first-order valence-corrected chi connectivity index (χ1v) is 13.7. The molecule has 0 amide bonds. The number of H-pyrrole nitrogens is 1. The molecular formula is C21H21FKN7O5S2. The van der Waals surface area contributed by atoms with Crippen molar-refractivity contribution in [2.24, 2.45) is 10.2 Å². The number of aromatic amines is 1. The second-order valence-electron chi connectivity index (χ2n) is 8.98.